The first-order valence-electron chi connectivity index (χ1n) is 4.53. The van der Waals surface area contributed by atoms with Gasteiger partial charge in [-0.15, -0.1) is 0 Å². The summed E-state index contributed by atoms with van der Waals surface area (Å²) in [4.78, 5) is 0. The van der Waals surface area contributed by atoms with Gasteiger partial charge in [0.1, 0.15) is 0 Å². The number of alkyl halides is 1. The summed E-state index contributed by atoms with van der Waals surface area (Å²) in [6.07, 6.45) is 4.82. The maximum Gasteiger partial charge on any atom is 0.208 e. The van der Waals surface area contributed by atoms with Crippen LogP contribution in [0.4, 0.5) is 0 Å². The molecule has 2 atom stereocenters. The second-order valence-corrected chi connectivity index (χ2v) is 6.21. The van der Waals surface area contributed by atoms with Gasteiger partial charge in [0.25, 0.3) is 0 Å². The van der Waals surface area contributed by atoms with Crippen LogP contribution in [0.5, 0.6) is 0 Å². The standard InChI is InChI=1S/C8H16BrNO2S/c1-13(11,12)10-6-8-4-2-3-7(8)5-9/h7-8,10H,2-6H2,1H3. The zero-order chi connectivity index (χ0) is 9.90. The van der Waals surface area contributed by atoms with Crippen LogP contribution >= 0.6 is 15.9 Å². The van der Waals surface area contributed by atoms with Gasteiger partial charge in [-0.25, -0.2) is 13.1 Å². The first kappa shape index (κ1) is 11.5. The van der Waals surface area contributed by atoms with Crippen LogP contribution in [0, 0.1) is 11.8 Å². The van der Waals surface area contributed by atoms with Crippen molar-refractivity contribution in [2.45, 2.75) is 19.3 Å². The maximum absolute atomic E-state index is 10.9. The van der Waals surface area contributed by atoms with E-state index in [1.807, 2.05) is 0 Å². The van der Waals surface area contributed by atoms with Crippen LogP contribution in [0.3, 0.4) is 0 Å². The second kappa shape index (κ2) is 4.75. The topological polar surface area (TPSA) is 46.2 Å². The lowest BCUT2D eigenvalue weighted by molar-refractivity contribution is 0.423. The highest BCUT2D eigenvalue weighted by Gasteiger charge is 2.26. The fourth-order valence-corrected chi connectivity index (χ4v) is 3.21. The molecule has 1 rings (SSSR count). The van der Waals surface area contributed by atoms with Crippen molar-refractivity contribution in [1.29, 1.82) is 0 Å². The van der Waals surface area contributed by atoms with Gasteiger partial charge in [0.15, 0.2) is 0 Å². The third kappa shape index (κ3) is 3.95. The summed E-state index contributed by atoms with van der Waals surface area (Å²) in [5.41, 5.74) is 0. The molecule has 0 spiro atoms. The van der Waals surface area contributed by atoms with Gasteiger partial charge < -0.3 is 0 Å². The van der Waals surface area contributed by atoms with Gasteiger partial charge in [-0.05, 0) is 24.7 Å². The normalized spacial score (nSPS) is 29.4. The lowest BCUT2D eigenvalue weighted by atomic mass is 9.99. The monoisotopic (exact) mass is 269 g/mol. The van der Waals surface area contributed by atoms with Crippen LogP contribution in [0.25, 0.3) is 0 Å². The van der Waals surface area contributed by atoms with Crippen molar-refractivity contribution in [3.63, 3.8) is 0 Å². The number of rotatable bonds is 4. The quantitative estimate of drug-likeness (QED) is 0.784. The molecule has 0 amide bonds. The third-order valence-electron chi connectivity index (χ3n) is 2.62. The molecule has 13 heavy (non-hydrogen) atoms. The van der Waals surface area contributed by atoms with Gasteiger partial charge in [-0.3, -0.25) is 0 Å². The summed E-state index contributed by atoms with van der Waals surface area (Å²) in [5.74, 6) is 1.17. The van der Waals surface area contributed by atoms with Crippen LogP contribution in [-0.4, -0.2) is 26.5 Å². The molecule has 3 nitrogen and oxygen atoms in total. The van der Waals surface area contributed by atoms with Crippen LogP contribution in [0.2, 0.25) is 0 Å². The number of nitrogens with one attached hydrogen (secondary N) is 1. The Kier molecular flexibility index (Phi) is 4.19. The Hall–Kier alpha value is 0.390. The van der Waals surface area contributed by atoms with Crippen molar-refractivity contribution in [1.82, 2.24) is 4.72 Å². The average molecular weight is 270 g/mol. The van der Waals surface area contributed by atoms with Crippen molar-refractivity contribution < 1.29 is 8.42 Å². The summed E-state index contributed by atoms with van der Waals surface area (Å²) in [6, 6.07) is 0. The van der Waals surface area contributed by atoms with Gasteiger partial charge in [0, 0.05) is 11.9 Å². The van der Waals surface area contributed by atoms with Crippen molar-refractivity contribution in [2.24, 2.45) is 11.8 Å². The van der Waals surface area contributed by atoms with E-state index in [1.165, 1.54) is 19.1 Å². The van der Waals surface area contributed by atoms with E-state index in [0.29, 0.717) is 18.4 Å². The number of sulfonamides is 1. The molecule has 78 valence electrons. The molecule has 1 aliphatic carbocycles. The number of hydrogen-bond acceptors (Lipinski definition) is 2. The smallest absolute Gasteiger partial charge is 0.208 e. The van der Waals surface area contributed by atoms with E-state index in [4.69, 9.17) is 0 Å². The minimum atomic E-state index is -3.01. The Morgan fingerprint density at radius 1 is 1.38 bits per heavy atom. The highest BCUT2D eigenvalue weighted by Crippen LogP contribution is 2.32. The van der Waals surface area contributed by atoms with Crippen molar-refractivity contribution in [2.75, 3.05) is 18.1 Å². The van der Waals surface area contributed by atoms with Crippen LogP contribution in [0.1, 0.15) is 19.3 Å². The second-order valence-electron chi connectivity index (χ2n) is 3.73. The summed E-state index contributed by atoms with van der Waals surface area (Å²) < 4.78 is 24.3. The first-order valence-corrected chi connectivity index (χ1v) is 7.55. The molecule has 5 heteroatoms. The fraction of sp³-hybridized carbons (Fsp3) is 1.00. The van der Waals surface area contributed by atoms with E-state index in [-0.39, 0.29) is 0 Å². The molecule has 2 unspecified atom stereocenters. The van der Waals surface area contributed by atoms with E-state index in [2.05, 4.69) is 20.7 Å². The molecule has 1 aliphatic rings. The van der Waals surface area contributed by atoms with E-state index < -0.39 is 10.0 Å². The predicted molar refractivity (Wildman–Crippen MR) is 57.5 cm³/mol. The molecule has 0 heterocycles. The highest BCUT2D eigenvalue weighted by atomic mass is 79.9. The highest BCUT2D eigenvalue weighted by molar-refractivity contribution is 9.09. The van der Waals surface area contributed by atoms with Gasteiger partial charge in [0.2, 0.25) is 10.0 Å². The van der Waals surface area contributed by atoms with E-state index in [9.17, 15) is 8.42 Å². The summed E-state index contributed by atoms with van der Waals surface area (Å²) in [6.45, 7) is 0.606. The lowest BCUT2D eigenvalue weighted by Crippen LogP contribution is -2.30. The molecule has 1 N–H and O–H groups in total. The summed E-state index contributed by atoms with van der Waals surface area (Å²) in [5, 5.41) is 0.989. The van der Waals surface area contributed by atoms with Crippen LogP contribution in [-0.2, 0) is 10.0 Å². The van der Waals surface area contributed by atoms with Crippen LogP contribution < -0.4 is 4.72 Å². The van der Waals surface area contributed by atoms with Crippen molar-refractivity contribution in [3.8, 4) is 0 Å². The van der Waals surface area contributed by atoms with Gasteiger partial charge >= 0.3 is 0 Å². The van der Waals surface area contributed by atoms with Crippen molar-refractivity contribution >= 4 is 26.0 Å². The number of halogens is 1. The molecule has 1 fully saturated rings. The Labute approximate surface area is 88.5 Å². The minimum Gasteiger partial charge on any atom is -0.215 e. The molecular weight excluding hydrogens is 254 g/mol. The summed E-state index contributed by atoms with van der Waals surface area (Å²) in [7, 11) is -3.01. The zero-order valence-corrected chi connectivity index (χ0v) is 10.2. The van der Waals surface area contributed by atoms with Gasteiger partial charge in [-0.2, -0.15) is 0 Å². The molecule has 0 saturated heterocycles. The number of hydrogen-bond donors (Lipinski definition) is 1. The predicted octanol–water partition coefficient (Wildman–Crippen LogP) is 1.35. The largest absolute Gasteiger partial charge is 0.215 e. The lowest BCUT2D eigenvalue weighted by Gasteiger charge is -2.16. The molecule has 0 aromatic rings. The van der Waals surface area contributed by atoms with Gasteiger partial charge in [0.05, 0.1) is 6.26 Å². The Balaban J connectivity index is 2.36. The van der Waals surface area contributed by atoms with E-state index >= 15 is 0 Å². The zero-order valence-electron chi connectivity index (χ0n) is 7.79. The molecule has 1 saturated carbocycles. The van der Waals surface area contributed by atoms with Crippen LogP contribution in [0.15, 0.2) is 0 Å². The van der Waals surface area contributed by atoms with E-state index in [1.54, 1.807) is 0 Å². The fourth-order valence-electron chi connectivity index (χ4n) is 1.84. The SMILES string of the molecule is CS(=O)(=O)NCC1CCCC1CBr. The molecule has 0 aromatic carbocycles. The Morgan fingerprint density at radius 3 is 2.54 bits per heavy atom. The molecular formula is C8H16BrNO2S. The molecule has 0 aliphatic heterocycles. The molecule has 0 radical (unpaired) electrons. The summed E-state index contributed by atoms with van der Waals surface area (Å²) >= 11 is 3.46. The van der Waals surface area contributed by atoms with Gasteiger partial charge in [-0.1, -0.05) is 22.4 Å². The first-order chi connectivity index (χ1) is 6.03. The molecule has 0 aromatic heterocycles. The van der Waals surface area contributed by atoms with E-state index in [0.717, 1.165) is 11.8 Å². The maximum atomic E-state index is 10.9. The third-order valence-corrected chi connectivity index (χ3v) is 4.15. The average Bonchev–Trinajstić information content (AvgIpc) is 2.46. The Morgan fingerprint density at radius 2 is 2.00 bits per heavy atom. The van der Waals surface area contributed by atoms with Crippen molar-refractivity contribution in [3.05, 3.63) is 0 Å². The molecule has 0 bridgehead atoms. The minimum absolute atomic E-state index is 0.522. The Bertz CT molecular complexity index is 253.